The number of hydrogen-bond donors (Lipinski definition) is 1. The van der Waals surface area contributed by atoms with Gasteiger partial charge in [-0.15, -0.1) is 0 Å². The van der Waals surface area contributed by atoms with Crippen LogP contribution in [0.4, 0.5) is 0 Å². The van der Waals surface area contributed by atoms with Crippen molar-refractivity contribution >= 4 is 5.97 Å². The van der Waals surface area contributed by atoms with Crippen molar-refractivity contribution in [1.82, 2.24) is 0 Å². The molecule has 0 aliphatic carbocycles. The first-order chi connectivity index (χ1) is 12.0. The van der Waals surface area contributed by atoms with E-state index >= 15 is 0 Å². The van der Waals surface area contributed by atoms with Crippen LogP contribution in [0.2, 0.25) is 0 Å². The second-order valence-electron chi connectivity index (χ2n) is 6.60. The van der Waals surface area contributed by atoms with E-state index in [0.29, 0.717) is 0 Å². The largest absolute Gasteiger partial charge is 0.461 e. The Morgan fingerprint density at radius 1 is 0.880 bits per heavy atom. The Balaban J connectivity index is 2.36. The van der Waals surface area contributed by atoms with Gasteiger partial charge < -0.3 is 10.5 Å². The fourth-order valence-electron chi connectivity index (χ4n) is 3.01. The number of aryl methyl sites for hydroxylation is 2. The van der Waals surface area contributed by atoms with Crippen LogP contribution in [0.3, 0.4) is 0 Å². The van der Waals surface area contributed by atoms with Gasteiger partial charge in [-0.05, 0) is 48.9 Å². The Labute approximate surface area is 151 Å². The Hall–Kier alpha value is -2.13. The van der Waals surface area contributed by atoms with Gasteiger partial charge in [-0.1, -0.05) is 62.4 Å². The molecule has 0 amide bonds. The van der Waals surface area contributed by atoms with Gasteiger partial charge in [-0.25, -0.2) is 0 Å². The quantitative estimate of drug-likeness (QED) is 0.768. The standard InChI is InChI=1S/C22H29NO2/c1-5-17-7-11-19(12-8-17)21(16(4)25-22(24)15(3)23)20-13-9-18(6-2)10-14-20/h7-16,21H,5-6,23H2,1-4H3/t15-,16-/m0/s1. The van der Waals surface area contributed by atoms with Crippen molar-refractivity contribution in [3.05, 3.63) is 70.8 Å². The SMILES string of the molecule is CCc1ccc(C(c2ccc(CC)cc2)[C@H](C)OC(=O)[C@H](C)N)cc1. The highest BCUT2D eigenvalue weighted by Gasteiger charge is 2.25. The molecule has 3 nitrogen and oxygen atoms in total. The van der Waals surface area contributed by atoms with Crippen molar-refractivity contribution in [3.8, 4) is 0 Å². The fourth-order valence-corrected chi connectivity index (χ4v) is 3.01. The van der Waals surface area contributed by atoms with Crippen LogP contribution in [-0.4, -0.2) is 18.1 Å². The number of hydrogen-bond acceptors (Lipinski definition) is 3. The Kier molecular flexibility index (Phi) is 6.77. The lowest BCUT2D eigenvalue weighted by Gasteiger charge is -2.26. The second kappa shape index (κ2) is 8.82. The van der Waals surface area contributed by atoms with Gasteiger partial charge in [0.2, 0.25) is 0 Å². The smallest absolute Gasteiger partial charge is 0.322 e. The summed E-state index contributed by atoms with van der Waals surface area (Å²) in [4.78, 5) is 12.0. The minimum atomic E-state index is -0.618. The van der Waals surface area contributed by atoms with Gasteiger partial charge in [0, 0.05) is 5.92 Å². The number of esters is 1. The maximum atomic E-state index is 12.0. The second-order valence-corrected chi connectivity index (χ2v) is 6.60. The minimum Gasteiger partial charge on any atom is -0.461 e. The molecule has 25 heavy (non-hydrogen) atoms. The molecule has 0 aromatic heterocycles. The lowest BCUT2D eigenvalue weighted by Crippen LogP contribution is -2.33. The third-order valence-corrected chi connectivity index (χ3v) is 4.64. The van der Waals surface area contributed by atoms with Gasteiger partial charge in [0.15, 0.2) is 0 Å². The number of carbonyl (C=O) groups excluding carboxylic acids is 1. The highest BCUT2D eigenvalue weighted by Crippen LogP contribution is 2.30. The average molecular weight is 339 g/mol. The van der Waals surface area contributed by atoms with Gasteiger partial charge >= 0.3 is 5.97 Å². The first-order valence-corrected chi connectivity index (χ1v) is 9.10. The Morgan fingerprint density at radius 3 is 1.60 bits per heavy atom. The van der Waals surface area contributed by atoms with Crippen molar-refractivity contribution in [3.63, 3.8) is 0 Å². The third kappa shape index (κ3) is 4.93. The molecule has 0 aliphatic heterocycles. The van der Waals surface area contributed by atoms with Gasteiger partial charge in [-0.3, -0.25) is 4.79 Å². The van der Waals surface area contributed by atoms with Crippen molar-refractivity contribution in [2.24, 2.45) is 5.73 Å². The Morgan fingerprint density at radius 2 is 1.28 bits per heavy atom. The van der Waals surface area contributed by atoms with E-state index in [1.165, 1.54) is 11.1 Å². The molecule has 3 heteroatoms. The number of ether oxygens (including phenoxy) is 1. The predicted octanol–water partition coefficient (Wildman–Crippen LogP) is 4.22. The normalized spacial score (nSPS) is 13.5. The summed E-state index contributed by atoms with van der Waals surface area (Å²) in [6.07, 6.45) is 1.72. The van der Waals surface area contributed by atoms with Crippen molar-refractivity contribution < 1.29 is 9.53 Å². The molecule has 0 fully saturated rings. The van der Waals surface area contributed by atoms with Crippen LogP contribution in [0, 0.1) is 0 Å². The monoisotopic (exact) mass is 339 g/mol. The van der Waals surface area contributed by atoms with Crippen LogP contribution < -0.4 is 5.73 Å². The lowest BCUT2D eigenvalue weighted by atomic mass is 9.86. The third-order valence-electron chi connectivity index (χ3n) is 4.64. The van der Waals surface area contributed by atoms with E-state index in [1.54, 1.807) is 6.92 Å². The highest BCUT2D eigenvalue weighted by atomic mass is 16.5. The molecule has 0 bridgehead atoms. The van der Waals surface area contributed by atoms with E-state index in [-0.39, 0.29) is 18.0 Å². The predicted molar refractivity (Wildman–Crippen MR) is 103 cm³/mol. The molecule has 2 aromatic carbocycles. The van der Waals surface area contributed by atoms with Gasteiger partial charge in [0.1, 0.15) is 12.1 Å². The molecule has 2 atom stereocenters. The van der Waals surface area contributed by atoms with E-state index in [9.17, 15) is 4.79 Å². The maximum Gasteiger partial charge on any atom is 0.322 e. The Bertz CT molecular complexity index is 627. The molecule has 0 saturated heterocycles. The molecule has 2 N–H and O–H groups in total. The first kappa shape index (κ1) is 19.2. The maximum absolute atomic E-state index is 12.0. The topological polar surface area (TPSA) is 52.3 Å². The molecule has 0 radical (unpaired) electrons. The molecule has 134 valence electrons. The molecular weight excluding hydrogens is 310 g/mol. The lowest BCUT2D eigenvalue weighted by molar-refractivity contribution is -0.149. The summed E-state index contributed by atoms with van der Waals surface area (Å²) in [5.41, 5.74) is 10.5. The summed E-state index contributed by atoms with van der Waals surface area (Å²) in [6.45, 7) is 7.87. The van der Waals surface area contributed by atoms with E-state index in [2.05, 4.69) is 62.4 Å². The van der Waals surface area contributed by atoms with Crippen LogP contribution >= 0.6 is 0 Å². The number of benzene rings is 2. The summed E-state index contributed by atoms with van der Waals surface area (Å²) in [7, 11) is 0. The highest BCUT2D eigenvalue weighted by molar-refractivity contribution is 5.75. The summed E-state index contributed by atoms with van der Waals surface area (Å²) in [5.74, 6) is -0.382. The molecule has 0 spiro atoms. The molecule has 2 rings (SSSR count). The molecular formula is C22H29NO2. The van der Waals surface area contributed by atoms with Gasteiger partial charge in [-0.2, -0.15) is 0 Å². The fraction of sp³-hybridized carbons (Fsp3) is 0.409. The summed E-state index contributed by atoms with van der Waals surface area (Å²) >= 11 is 0. The van der Waals surface area contributed by atoms with Crippen LogP contribution in [0.1, 0.15) is 55.9 Å². The number of carbonyl (C=O) groups is 1. The van der Waals surface area contributed by atoms with E-state index < -0.39 is 6.04 Å². The molecule has 2 aromatic rings. The zero-order valence-corrected chi connectivity index (χ0v) is 15.7. The molecule has 0 unspecified atom stereocenters. The van der Waals surface area contributed by atoms with Gasteiger partial charge in [0.05, 0.1) is 0 Å². The van der Waals surface area contributed by atoms with E-state index in [0.717, 1.165) is 24.0 Å². The average Bonchev–Trinajstić information content (AvgIpc) is 2.63. The van der Waals surface area contributed by atoms with Crippen LogP contribution in [0.5, 0.6) is 0 Å². The van der Waals surface area contributed by atoms with Crippen molar-refractivity contribution in [2.75, 3.05) is 0 Å². The van der Waals surface area contributed by atoms with Gasteiger partial charge in [0.25, 0.3) is 0 Å². The van der Waals surface area contributed by atoms with E-state index in [4.69, 9.17) is 10.5 Å². The van der Waals surface area contributed by atoms with Crippen LogP contribution in [-0.2, 0) is 22.4 Å². The number of nitrogens with two attached hydrogens (primary N) is 1. The molecule has 0 aliphatic rings. The van der Waals surface area contributed by atoms with Crippen LogP contribution in [0.25, 0.3) is 0 Å². The van der Waals surface area contributed by atoms with Crippen molar-refractivity contribution in [2.45, 2.75) is 58.6 Å². The molecule has 0 saturated carbocycles. The summed E-state index contributed by atoms with van der Waals surface area (Å²) in [5, 5.41) is 0. The number of rotatable bonds is 7. The van der Waals surface area contributed by atoms with Crippen molar-refractivity contribution in [1.29, 1.82) is 0 Å². The van der Waals surface area contributed by atoms with E-state index in [1.807, 2.05) is 6.92 Å². The first-order valence-electron chi connectivity index (χ1n) is 9.10. The zero-order valence-electron chi connectivity index (χ0n) is 15.7. The molecule has 0 heterocycles. The summed E-state index contributed by atoms with van der Waals surface area (Å²) in [6, 6.07) is 16.5. The minimum absolute atomic E-state index is 0.0143. The van der Waals surface area contributed by atoms with Crippen LogP contribution in [0.15, 0.2) is 48.5 Å². The summed E-state index contributed by atoms with van der Waals surface area (Å²) < 4.78 is 5.63. The zero-order chi connectivity index (χ0) is 18.4.